The van der Waals surface area contributed by atoms with Crippen molar-refractivity contribution in [2.24, 2.45) is 0 Å². The van der Waals surface area contributed by atoms with Crippen molar-refractivity contribution in [1.29, 1.82) is 0 Å². The van der Waals surface area contributed by atoms with Crippen molar-refractivity contribution in [2.75, 3.05) is 0 Å². The number of benzene rings is 1. The first-order valence-electron chi connectivity index (χ1n) is 6.60. The minimum atomic E-state index is -0.993. The summed E-state index contributed by atoms with van der Waals surface area (Å²) in [5.41, 5.74) is 4.11. The highest BCUT2D eigenvalue weighted by Gasteiger charge is 2.01. The number of carbonyl (C=O) groups is 1. The molecule has 21 heavy (non-hydrogen) atoms. The maximum atomic E-state index is 10.4. The van der Waals surface area contributed by atoms with E-state index in [-0.39, 0.29) is 0 Å². The Labute approximate surface area is 123 Å². The highest BCUT2D eigenvalue weighted by atomic mass is 16.5. The van der Waals surface area contributed by atoms with Gasteiger partial charge in [-0.05, 0) is 43.2 Å². The van der Waals surface area contributed by atoms with Crippen LogP contribution in [-0.4, -0.2) is 16.1 Å². The van der Waals surface area contributed by atoms with Gasteiger partial charge in [0.05, 0.1) is 11.9 Å². The second kappa shape index (κ2) is 6.70. The summed E-state index contributed by atoms with van der Waals surface area (Å²) < 4.78 is 5.71. The predicted molar refractivity (Wildman–Crippen MR) is 81.2 cm³/mol. The lowest BCUT2D eigenvalue weighted by Crippen LogP contribution is -1.99. The van der Waals surface area contributed by atoms with Gasteiger partial charge in [0.25, 0.3) is 0 Å². The van der Waals surface area contributed by atoms with E-state index in [2.05, 4.69) is 30.1 Å². The fourth-order valence-electron chi connectivity index (χ4n) is 1.85. The molecule has 0 saturated carbocycles. The standard InChI is InChI=1S/C17H17NO3/c1-12-3-4-13(2)14(9-12)11-21-16-7-5-15(18-10-16)6-8-17(19)20/h3-10H,11H2,1-2H3,(H,19,20). The molecule has 0 radical (unpaired) electrons. The van der Waals surface area contributed by atoms with Gasteiger partial charge in [-0.25, -0.2) is 4.79 Å². The van der Waals surface area contributed by atoms with Crippen LogP contribution in [0.4, 0.5) is 0 Å². The molecular weight excluding hydrogens is 266 g/mol. The zero-order valence-corrected chi connectivity index (χ0v) is 12.0. The summed E-state index contributed by atoms with van der Waals surface area (Å²) in [6.45, 7) is 4.59. The number of carboxylic acid groups (broad SMARTS) is 1. The number of carboxylic acids is 1. The van der Waals surface area contributed by atoms with E-state index < -0.39 is 5.97 Å². The highest BCUT2D eigenvalue weighted by Crippen LogP contribution is 2.16. The Bertz CT molecular complexity index is 660. The van der Waals surface area contributed by atoms with E-state index in [1.54, 1.807) is 18.3 Å². The number of hydrogen-bond donors (Lipinski definition) is 1. The molecule has 0 aliphatic carbocycles. The molecule has 2 aromatic rings. The van der Waals surface area contributed by atoms with Gasteiger partial charge in [-0.3, -0.25) is 4.98 Å². The van der Waals surface area contributed by atoms with E-state index in [4.69, 9.17) is 9.84 Å². The Morgan fingerprint density at radius 3 is 2.76 bits per heavy atom. The van der Waals surface area contributed by atoms with Gasteiger partial charge < -0.3 is 9.84 Å². The summed E-state index contributed by atoms with van der Waals surface area (Å²) >= 11 is 0. The molecular formula is C17H17NO3. The lowest BCUT2D eigenvalue weighted by atomic mass is 10.1. The van der Waals surface area contributed by atoms with Gasteiger partial charge >= 0.3 is 5.97 Å². The Morgan fingerprint density at radius 1 is 1.29 bits per heavy atom. The molecule has 1 N–H and O–H groups in total. The first-order chi connectivity index (χ1) is 10.0. The van der Waals surface area contributed by atoms with Gasteiger partial charge in [-0.2, -0.15) is 0 Å². The molecule has 0 spiro atoms. The van der Waals surface area contributed by atoms with Crippen molar-refractivity contribution in [2.45, 2.75) is 20.5 Å². The molecule has 2 rings (SSSR count). The molecule has 0 saturated heterocycles. The summed E-state index contributed by atoms with van der Waals surface area (Å²) in [4.78, 5) is 14.5. The Hall–Kier alpha value is -2.62. The lowest BCUT2D eigenvalue weighted by Gasteiger charge is -2.09. The van der Waals surface area contributed by atoms with E-state index >= 15 is 0 Å². The van der Waals surface area contributed by atoms with E-state index in [0.29, 0.717) is 18.1 Å². The number of hydrogen-bond acceptors (Lipinski definition) is 3. The van der Waals surface area contributed by atoms with Crippen LogP contribution in [0, 0.1) is 13.8 Å². The average Bonchev–Trinajstić information content (AvgIpc) is 2.47. The second-order valence-electron chi connectivity index (χ2n) is 4.81. The lowest BCUT2D eigenvalue weighted by molar-refractivity contribution is -0.131. The first kappa shape index (κ1) is 14.8. The third kappa shape index (κ3) is 4.45. The number of nitrogens with zero attached hydrogens (tertiary/aromatic N) is 1. The molecule has 4 heteroatoms. The van der Waals surface area contributed by atoms with E-state index in [1.807, 2.05) is 6.92 Å². The van der Waals surface area contributed by atoms with Gasteiger partial charge in [0, 0.05) is 6.08 Å². The Balaban J connectivity index is 2.00. The van der Waals surface area contributed by atoms with Crippen LogP contribution >= 0.6 is 0 Å². The largest absolute Gasteiger partial charge is 0.487 e. The van der Waals surface area contributed by atoms with Gasteiger partial charge in [-0.1, -0.05) is 23.8 Å². The number of aryl methyl sites for hydroxylation is 2. The molecule has 0 amide bonds. The summed E-state index contributed by atoms with van der Waals surface area (Å²) in [6, 6.07) is 9.75. The van der Waals surface area contributed by atoms with Gasteiger partial charge in [0.1, 0.15) is 12.4 Å². The van der Waals surface area contributed by atoms with Crippen LogP contribution in [0.3, 0.4) is 0 Å². The predicted octanol–water partition coefficient (Wildman–Crippen LogP) is 3.38. The maximum absolute atomic E-state index is 10.4. The zero-order valence-electron chi connectivity index (χ0n) is 12.0. The minimum absolute atomic E-state index is 0.486. The van der Waals surface area contributed by atoms with Crippen molar-refractivity contribution in [3.63, 3.8) is 0 Å². The van der Waals surface area contributed by atoms with Crippen molar-refractivity contribution in [1.82, 2.24) is 4.98 Å². The number of ether oxygens (including phenoxy) is 1. The summed E-state index contributed by atoms with van der Waals surface area (Å²) in [5.74, 6) is -0.338. The molecule has 0 atom stereocenters. The molecule has 0 unspecified atom stereocenters. The van der Waals surface area contributed by atoms with Crippen molar-refractivity contribution in [3.05, 3.63) is 65.0 Å². The topological polar surface area (TPSA) is 59.4 Å². The average molecular weight is 283 g/mol. The third-order valence-electron chi connectivity index (χ3n) is 3.05. The van der Waals surface area contributed by atoms with Crippen LogP contribution in [-0.2, 0) is 11.4 Å². The summed E-state index contributed by atoms with van der Waals surface area (Å²) in [6.07, 6.45) is 4.09. The fourth-order valence-corrected chi connectivity index (χ4v) is 1.85. The van der Waals surface area contributed by atoms with Crippen LogP contribution < -0.4 is 4.74 Å². The Kier molecular flexibility index (Phi) is 4.72. The smallest absolute Gasteiger partial charge is 0.328 e. The fraction of sp³-hybridized carbons (Fsp3) is 0.176. The summed E-state index contributed by atoms with van der Waals surface area (Å²) in [7, 11) is 0. The van der Waals surface area contributed by atoms with Crippen molar-refractivity contribution >= 4 is 12.0 Å². The molecule has 0 aliphatic heterocycles. The SMILES string of the molecule is Cc1ccc(C)c(COc2ccc(C=CC(=O)O)nc2)c1. The molecule has 0 bridgehead atoms. The normalized spacial score (nSPS) is 10.8. The number of aliphatic carboxylic acids is 1. The first-order valence-corrected chi connectivity index (χ1v) is 6.60. The number of aromatic nitrogens is 1. The second-order valence-corrected chi connectivity index (χ2v) is 4.81. The van der Waals surface area contributed by atoms with Gasteiger partial charge in [-0.15, -0.1) is 0 Å². The number of pyridine rings is 1. The van der Waals surface area contributed by atoms with Crippen molar-refractivity contribution in [3.8, 4) is 5.75 Å². The monoisotopic (exact) mass is 283 g/mol. The maximum Gasteiger partial charge on any atom is 0.328 e. The van der Waals surface area contributed by atoms with E-state index in [0.717, 1.165) is 11.6 Å². The molecule has 1 heterocycles. The highest BCUT2D eigenvalue weighted by molar-refractivity contribution is 5.84. The van der Waals surface area contributed by atoms with E-state index in [9.17, 15) is 4.79 Å². The molecule has 0 aliphatic rings. The van der Waals surface area contributed by atoms with Crippen LogP contribution in [0.5, 0.6) is 5.75 Å². The molecule has 4 nitrogen and oxygen atoms in total. The third-order valence-corrected chi connectivity index (χ3v) is 3.05. The quantitative estimate of drug-likeness (QED) is 0.855. The molecule has 0 fully saturated rings. The summed E-state index contributed by atoms with van der Waals surface area (Å²) in [5, 5.41) is 8.55. The number of rotatable bonds is 5. The molecule has 108 valence electrons. The van der Waals surface area contributed by atoms with Crippen LogP contribution in [0.15, 0.2) is 42.6 Å². The van der Waals surface area contributed by atoms with Crippen LogP contribution in [0.2, 0.25) is 0 Å². The zero-order chi connectivity index (χ0) is 15.2. The molecule has 1 aromatic heterocycles. The van der Waals surface area contributed by atoms with Crippen molar-refractivity contribution < 1.29 is 14.6 Å². The van der Waals surface area contributed by atoms with Crippen LogP contribution in [0.1, 0.15) is 22.4 Å². The molecule has 1 aromatic carbocycles. The van der Waals surface area contributed by atoms with Gasteiger partial charge in [0.15, 0.2) is 0 Å². The van der Waals surface area contributed by atoms with Gasteiger partial charge in [0.2, 0.25) is 0 Å². The minimum Gasteiger partial charge on any atom is -0.487 e. The van der Waals surface area contributed by atoms with E-state index in [1.165, 1.54) is 17.2 Å². The Morgan fingerprint density at radius 2 is 2.10 bits per heavy atom. The van der Waals surface area contributed by atoms with Crippen LogP contribution in [0.25, 0.3) is 6.08 Å².